The minimum absolute atomic E-state index is 0.544. The molecule has 4 nitrogen and oxygen atoms in total. The molecule has 0 saturated carbocycles. The summed E-state index contributed by atoms with van der Waals surface area (Å²) < 4.78 is 0. The van der Waals surface area contributed by atoms with Gasteiger partial charge in [-0.05, 0) is 33.2 Å². The van der Waals surface area contributed by atoms with Crippen molar-refractivity contribution >= 4 is 5.97 Å². The largest absolute Gasteiger partial charge is 0.481 e. The Morgan fingerprint density at radius 3 is 2.47 bits per heavy atom. The molecule has 0 amide bonds. The lowest BCUT2D eigenvalue weighted by atomic mass is 9.84. The number of hydrogen-bond acceptors (Lipinski definition) is 3. The number of aliphatic hydroxyl groups is 1. The Balaban J connectivity index is 2.61. The number of nitrogens with zero attached hydrogens (tertiary/aromatic N) is 1. The van der Waals surface area contributed by atoms with Gasteiger partial charge in [-0.2, -0.15) is 0 Å². The average molecular weight is 215 g/mol. The van der Waals surface area contributed by atoms with Crippen molar-refractivity contribution in [1.82, 2.24) is 4.90 Å². The summed E-state index contributed by atoms with van der Waals surface area (Å²) in [5, 5.41) is 18.9. The molecule has 0 aromatic rings. The highest BCUT2D eigenvalue weighted by Crippen LogP contribution is 2.34. The Morgan fingerprint density at radius 2 is 2.13 bits per heavy atom. The topological polar surface area (TPSA) is 60.8 Å². The molecule has 1 aliphatic rings. The Labute approximate surface area is 90.9 Å². The van der Waals surface area contributed by atoms with Crippen molar-refractivity contribution in [3.8, 4) is 0 Å². The maximum absolute atomic E-state index is 11.2. The third-order valence-corrected chi connectivity index (χ3v) is 3.17. The van der Waals surface area contributed by atoms with Crippen LogP contribution in [-0.4, -0.2) is 46.3 Å². The van der Waals surface area contributed by atoms with Crippen LogP contribution in [0, 0.1) is 5.41 Å². The number of rotatable bonds is 4. The minimum Gasteiger partial charge on any atom is -0.481 e. The predicted molar refractivity (Wildman–Crippen MR) is 57.7 cm³/mol. The van der Waals surface area contributed by atoms with Gasteiger partial charge in [-0.3, -0.25) is 9.69 Å². The van der Waals surface area contributed by atoms with Crippen molar-refractivity contribution in [2.75, 3.05) is 19.6 Å². The van der Waals surface area contributed by atoms with E-state index in [1.165, 1.54) is 0 Å². The van der Waals surface area contributed by atoms with E-state index in [9.17, 15) is 15.0 Å². The zero-order valence-corrected chi connectivity index (χ0v) is 9.79. The first-order chi connectivity index (χ1) is 6.79. The van der Waals surface area contributed by atoms with Gasteiger partial charge >= 0.3 is 5.97 Å². The summed E-state index contributed by atoms with van der Waals surface area (Å²) in [6.07, 6.45) is 1.35. The first-order valence-electron chi connectivity index (χ1n) is 5.47. The highest BCUT2D eigenvalue weighted by Gasteiger charge is 2.43. The molecule has 0 bridgehead atoms. The second kappa shape index (κ2) is 4.10. The summed E-state index contributed by atoms with van der Waals surface area (Å²) in [5.74, 6) is -0.705. The fraction of sp³-hybridized carbons (Fsp3) is 0.909. The molecule has 88 valence electrons. The molecule has 0 aliphatic carbocycles. The van der Waals surface area contributed by atoms with E-state index in [1.54, 1.807) is 13.8 Å². The molecule has 4 heteroatoms. The fourth-order valence-corrected chi connectivity index (χ4v) is 2.25. The summed E-state index contributed by atoms with van der Waals surface area (Å²) in [5.41, 5.74) is -1.34. The smallest absolute Gasteiger partial charge is 0.310 e. The number of likely N-dealkylation sites (tertiary alicyclic amines) is 1. The number of hydrogen-bond donors (Lipinski definition) is 2. The molecule has 1 saturated heterocycles. The first-order valence-corrected chi connectivity index (χ1v) is 5.47. The van der Waals surface area contributed by atoms with E-state index < -0.39 is 17.0 Å². The van der Waals surface area contributed by atoms with E-state index in [0.717, 1.165) is 6.54 Å². The van der Waals surface area contributed by atoms with Crippen LogP contribution in [0.5, 0.6) is 0 Å². The van der Waals surface area contributed by atoms with Gasteiger partial charge in [0.05, 0.1) is 11.0 Å². The van der Waals surface area contributed by atoms with Gasteiger partial charge in [0.1, 0.15) is 0 Å². The average Bonchev–Trinajstić information content (AvgIpc) is 2.46. The molecule has 0 spiro atoms. The van der Waals surface area contributed by atoms with Crippen LogP contribution >= 0.6 is 0 Å². The molecule has 1 aliphatic heterocycles. The number of carboxylic acid groups (broad SMARTS) is 1. The van der Waals surface area contributed by atoms with Crippen LogP contribution in [0.25, 0.3) is 0 Å². The van der Waals surface area contributed by atoms with E-state index in [1.807, 2.05) is 11.8 Å². The van der Waals surface area contributed by atoms with Crippen molar-refractivity contribution in [1.29, 1.82) is 0 Å². The molecule has 1 unspecified atom stereocenters. The van der Waals surface area contributed by atoms with Gasteiger partial charge in [-0.15, -0.1) is 0 Å². The lowest BCUT2D eigenvalue weighted by Crippen LogP contribution is -2.40. The van der Waals surface area contributed by atoms with Crippen LogP contribution in [0.1, 0.15) is 33.6 Å². The van der Waals surface area contributed by atoms with Crippen LogP contribution in [0.3, 0.4) is 0 Å². The second-order valence-electron chi connectivity index (χ2n) is 5.21. The molecular formula is C11H21NO3. The quantitative estimate of drug-likeness (QED) is 0.733. The molecule has 0 aromatic heterocycles. The van der Waals surface area contributed by atoms with Crippen molar-refractivity contribution < 1.29 is 15.0 Å². The van der Waals surface area contributed by atoms with Gasteiger partial charge in [0.2, 0.25) is 0 Å². The van der Waals surface area contributed by atoms with Crippen molar-refractivity contribution in [2.24, 2.45) is 5.41 Å². The lowest BCUT2D eigenvalue weighted by molar-refractivity contribution is -0.148. The molecule has 1 fully saturated rings. The van der Waals surface area contributed by atoms with Crippen LogP contribution < -0.4 is 0 Å². The fourth-order valence-electron chi connectivity index (χ4n) is 2.25. The molecule has 15 heavy (non-hydrogen) atoms. The van der Waals surface area contributed by atoms with E-state index in [0.29, 0.717) is 25.9 Å². The summed E-state index contributed by atoms with van der Waals surface area (Å²) in [6, 6.07) is 0. The molecule has 0 aromatic carbocycles. The SMILES string of the molecule is CCC1(C(=O)O)CCN(CC(C)(C)O)C1. The zero-order valence-electron chi connectivity index (χ0n) is 9.79. The van der Waals surface area contributed by atoms with Gasteiger partial charge in [0.25, 0.3) is 0 Å². The predicted octanol–water partition coefficient (Wildman–Crippen LogP) is 0.944. The summed E-state index contributed by atoms with van der Waals surface area (Å²) >= 11 is 0. The third kappa shape index (κ3) is 2.92. The monoisotopic (exact) mass is 215 g/mol. The molecular weight excluding hydrogens is 194 g/mol. The molecule has 1 atom stereocenters. The summed E-state index contributed by atoms with van der Waals surface area (Å²) in [4.78, 5) is 13.2. The normalized spacial score (nSPS) is 28.3. The van der Waals surface area contributed by atoms with E-state index >= 15 is 0 Å². The Kier molecular flexibility index (Phi) is 3.41. The second-order valence-corrected chi connectivity index (χ2v) is 5.21. The van der Waals surface area contributed by atoms with Gasteiger partial charge in [-0.25, -0.2) is 0 Å². The van der Waals surface area contributed by atoms with Gasteiger partial charge < -0.3 is 10.2 Å². The summed E-state index contributed by atoms with van der Waals surface area (Å²) in [7, 11) is 0. The maximum atomic E-state index is 11.2. The van der Waals surface area contributed by atoms with Crippen LogP contribution in [-0.2, 0) is 4.79 Å². The standard InChI is InChI=1S/C11H21NO3/c1-4-11(9(13)14)5-6-12(8-11)7-10(2,3)15/h15H,4-8H2,1-3H3,(H,13,14). The minimum atomic E-state index is -0.748. The van der Waals surface area contributed by atoms with E-state index in [4.69, 9.17) is 0 Å². The highest BCUT2D eigenvalue weighted by molar-refractivity contribution is 5.75. The van der Waals surface area contributed by atoms with Crippen LogP contribution in [0.15, 0.2) is 0 Å². The van der Waals surface area contributed by atoms with E-state index in [2.05, 4.69) is 0 Å². The number of aliphatic carboxylic acids is 1. The maximum Gasteiger partial charge on any atom is 0.310 e. The molecule has 0 radical (unpaired) electrons. The lowest BCUT2D eigenvalue weighted by Gasteiger charge is -2.27. The van der Waals surface area contributed by atoms with Crippen molar-refractivity contribution in [2.45, 2.75) is 39.2 Å². The Hall–Kier alpha value is -0.610. The van der Waals surface area contributed by atoms with Crippen LogP contribution in [0.2, 0.25) is 0 Å². The summed E-state index contributed by atoms with van der Waals surface area (Å²) in [6.45, 7) is 7.29. The zero-order chi connectivity index (χ0) is 11.7. The number of carboxylic acids is 1. The molecule has 1 heterocycles. The number of carbonyl (C=O) groups is 1. The van der Waals surface area contributed by atoms with Crippen molar-refractivity contribution in [3.63, 3.8) is 0 Å². The van der Waals surface area contributed by atoms with Gasteiger partial charge in [-0.1, -0.05) is 6.92 Å². The molecule has 2 N–H and O–H groups in total. The third-order valence-electron chi connectivity index (χ3n) is 3.17. The van der Waals surface area contributed by atoms with Crippen LogP contribution in [0.4, 0.5) is 0 Å². The highest BCUT2D eigenvalue weighted by atomic mass is 16.4. The number of β-amino-alcohol motifs (C(OH)–C–C–N with tert-alkyl or cyclic N) is 1. The molecule has 1 rings (SSSR count). The van der Waals surface area contributed by atoms with E-state index in [-0.39, 0.29) is 0 Å². The Bertz CT molecular complexity index is 247. The van der Waals surface area contributed by atoms with Gasteiger partial charge in [0.15, 0.2) is 0 Å². The van der Waals surface area contributed by atoms with Gasteiger partial charge in [0, 0.05) is 13.1 Å². The first kappa shape index (κ1) is 12.5. The Morgan fingerprint density at radius 1 is 1.53 bits per heavy atom. The van der Waals surface area contributed by atoms with Crippen molar-refractivity contribution in [3.05, 3.63) is 0 Å².